The Kier molecular flexibility index (Phi) is 4.44. The first-order valence-corrected chi connectivity index (χ1v) is 8.29. The molecule has 3 heterocycles. The first-order chi connectivity index (χ1) is 13.3. The highest BCUT2D eigenvalue weighted by Crippen LogP contribution is 2.32. The number of carbonyl (C=O) groups excluding carboxylic acids is 1. The normalized spacial score (nSPS) is 10.7. The Morgan fingerprint density at radius 1 is 1.15 bits per heavy atom. The SMILES string of the molecule is COc1ccccc1-c1cc(C(=O)NCc2ccccn2)nn2cnnc12. The molecule has 0 saturated heterocycles. The van der Waals surface area contributed by atoms with Crippen molar-refractivity contribution < 1.29 is 9.53 Å². The molecule has 4 aromatic rings. The molecular weight excluding hydrogens is 344 g/mol. The molecule has 4 rings (SSSR count). The molecule has 0 atom stereocenters. The quantitative estimate of drug-likeness (QED) is 0.586. The van der Waals surface area contributed by atoms with Gasteiger partial charge in [-0.15, -0.1) is 10.2 Å². The van der Waals surface area contributed by atoms with Crippen molar-refractivity contribution in [2.24, 2.45) is 0 Å². The largest absolute Gasteiger partial charge is 0.496 e. The molecule has 8 nitrogen and oxygen atoms in total. The standard InChI is InChI=1S/C19H16N6O2/c1-27-17-8-3-2-7-14(17)15-10-16(24-25-12-22-23-18(15)25)19(26)21-11-13-6-4-5-9-20-13/h2-10,12H,11H2,1H3,(H,21,26). The van der Waals surface area contributed by atoms with Gasteiger partial charge in [0.05, 0.1) is 19.3 Å². The van der Waals surface area contributed by atoms with Crippen molar-refractivity contribution in [3.05, 3.63) is 72.4 Å². The van der Waals surface area contributed by atoms with E-state index in [9.17, 15) is 4.79 Å². The third-order valence-corrected chi connectivity index (χ3v) is 4.05. The molecule has 8 heteroatoms. The van der Waals surface area contributed by atoms with E-state index in [4.69, 9.17) is 4.74 Å². The van der Waals surface area contributed by atoms with Crippen LogP contribution < -0.4 is 10.1 Å². The van der Waals surface area contributed by atoms with Crippen LogP contribution in [0.3, 0.4) is 0 Å². The Hall–Kier alpha value is -3.81. The number of amides is 1. The van der Waals surface area contributed by atoms with Gasteiger partial charge in [-0.05, 0) is 24.3 Å². The van der Waals surface area contributed by atoms with Crippen LogP contribution in [0.2, 0.25) is 0 Å². The van der Waals surface area contributed by atoms with Gasteiger partial charge < -0.3 is 10.1 Å². The topological polar surface area (TPSA) is 94.3 Å². The molecule has 1 aromatic carbocycles. The summed E-state index contributed by atoms with van der Waals surface area (Å²) in [7, 11) is 1.60. The van der Waals surface area contributed by atoms with Crippen LogP contribution >= 0.6 is 0 Å². The number of fused-ring (bicyclic) bond motifs is 1. The summed E-state index contributed by atoms with van der Waals surface area (Å²) in [5.74, 6) is 0.362. The molecule has 3 aromatic heterocycles. The highest BCUT2D eigenvalue weighted by atomic mass is 16.5. The minimum Gasteiger partial charge on any atom is -0.496 e. The number of aromatic nitrogens is 5. The van der Waals surface area contributed by atoms with Crippen LogP contribution in [0.4, 0.5) is 0 Å². The van der Waals surface area contributed by atoms with E-state index < -0.39 is 0 Å². The van der Waals surface area contributed by atoms with Gasteiger partial charge in [-0.2, -0.15) is 9.61 Å². The van der Waals surface area contributed by atoms with Crippen molar-refractivity contribution in [1.29, 1.82) is 0 Å². The molecule has 1 amide bonds. The third-order valence-electron chi connectivity index (χ3n) is 4.05. The number of rotatable bonds is 5. The number of hydrogen-bond donors (Lipinski definition) is 1. The van der Waals surface area contributed by atoms with Crippen molar-refractivity contribution in [2.75, 3.05) is 7.11 Å². The highest BCUT2D eigenvalue weighted by Gasteiger charge is 2.17. The fourth-order valence-electron chi connectivity index (χ4n) is 2.77. The second-order valence-electron chi connectivity index (χ2n) is 5.75. The van der Waals surface area contributed by atoms with Gasteiger partial charge in [0.15, 0.2) is 5.65 Å². The van der Waals surface area contributed by atoms with Crippen LogP contribution in [0.5, 0.6) is 5.75 Å². The Morgan fingerprint density at radius 2 is 2.00 bits per heavy atom. The average Bonchev–Trinajstić information content (AvgIpc) is 3.20. The van der Waals surface area contributed by atoms with Gasteiger partial charge in [0.1, 0.15) is 17.8 Å². The summed E-state index contributed by atoms with van der Waals surface area (Å²) in [4.78, 5) is 16.8. The molecule has 0 aliphatic heterocycles. The lowest BCUT2D eigenvalue weighted by Gasteiger charge is -2.11. The van der Waals surface area contributed by atoms with E-state index in [0.717, 1.165) is 11.3 Å². The van der Waals surface area contributed by atoms with Crippen molar-refractivity contribution in [3.8, 4) is 16.9 Å². The number of nitrogens with zero attached hydrogens (tertiary/aromatic N) is 5. The number of para-hydroxylation sites is 1. The van der Waals surface area contributed by atoms with Gasteiger partial charge in [0.2, 0.25) is 0 Å². The summed E-state index contributed by atoms with van der Waals surface area (Å²) >= 11 is 0. The van der Waals surface area contributed by atoms with Gasteiger partial charge in [-0.25, -0.2) is 0 Å². The Bertz CT molecular complexity index is 1090. The fourth-order valence-corrected chi connectivity index (χ4v) is 2.77. The van der Waals surface area contributed by atoms with Crippen LogP contribution in [-0.2, 0) is 6.54 Å². The summed E-state index contributed by atoms with van der Waals surface area (Å²) < 4.78 is 6.93. The number of hydrogen-bond acceptors (Lipinski definition) is 6. The molecule has 0 unspecified atom stereocenters. The van der Waals surface area contributed by atoms with E-state index in [1.54, 1.807) is 19.4 Å². The van der Waals surface area contributed by atoms with Crippen molar-refractivity contribution in [1.82, 2.24) is 30.1 Å². The highest BCUT2D eigenvalue weighted by molar-refractivity contribution is 5.95. The maximum Gasteiger partial charge on any atom is 0.272 e. The third kappa shape index (κ3) is 3.32. The minimum absolute atomic E-state index is 0.249. The van der Waals surface area contributed by atoms with Crippen LogP contribution in [0.15, 0.2) is 61.1 Å². The second kappa shape index (κ2) is 7.20. The summed E-state index contributed by atoms with van der Waals surface area (Å²) in [6, 6.07) is 14.8. The van der Waals surface area contributed by atoms with Crippen molar-refractivity contribution in [3.63, 3.8) is 0 Å². The van der Waals surface area contributed by atoms with Crippen molar-refractivity contribution >= 4 is 11.6 Å². The zero-order valence-corrected chi connectivity index (χ0v) is 14.5. The zero-order chi connectivity index (χ0) is 18.6. The first-order valence-electron chi connectivity index (χ1n) is 8.29. The van der Waals surface area contributed by atoms with Crippen LogP contribution in [-0.4, -0.2) is 37.8 Å². The van der Waals surface area contributed by atoms with Gasteiger partial charge >= 0.3 is 0 Å². The summed E-state index contributed by atoms with van der Waals surface area (Å²) in [6.45, 7) is 0.311. The number of methoxy groups -OCH3 is 1. The Balaban J connectivity index is 1.71. The van der Waals surface area contributed by atoms with E-state index in [1.165, 1.54) is 10.8 Å². The lowest BCUT2D eigenvalue weighted by atomic mass is 10.1. The molecule has 0 fully saturated rings. The van der Waals surface area contributed by atoms with E-state index in [1.807, 2.05) is 42.5 Å². The van der Waals surface area contributed by atoms with E-state index in [2.05, 4.69) is 25.6 Å². The minimum atomic E-state index is -0.313. The maximum absolute atomic E-state index is 12.6. The lowest BCUT2D eigenvalue weighted by Crippen LogP contribution is -2.25. The lowest BCUT2D eigenvalue weighted by molar-refractivity contribution is 0.0944. The maximum atomic E-state index is 12.6. The van der Waals surface area contributed by atoms with E-state index in [-0.39, 0.29) is 11.6 Å². The van der Waals surface area contributed by atoms with Gasteiger partial charge in [-0.1, -0.05) is 24.3 Å². The molecule has 0 saturated carbocycles. The number of pyridine rings is 1. The molecule has 0 radical (unpaired) electrons. The fraction of sp³-hybridized carbons (Fsp3) is 0.105. The van der Waals surface area contributed by atoms with E-state index in [0.29, 0.717) is 23.5 Å². The first kappa shape index (κ1) is 16.6. The number of nitrogens with one attached hydrogen (secondary N) is 1. The monoisotopic (exact) mass is 360 g/mol. The average molecular weight is 360 g/mol. The Morgan fingerprint density at radius 3 is 2.81 bits per heavy atom. The Labute approximate surface area is 154 Å². The summed E-state index contributed by atoms with van der Waals surface area (Å²) in [5.41, 5.74) is 3.07. The molecule has 0 aliphatic rings. The molecule has 0 aliphatic carbocycles. The van der Waals surface area contributed by atoms with Crippen LogP contribution in [0.1, 0.15) is 16.2 Å². The predicted octanol–water partition coefficient (Wildman–Crippen LogP) is 2.12. The zero-order valence-electron chi connectivity index (χ0n) is 14.5. The summed E-state index contributed by atoms with van der Waals surface area (Å²) in [6.07, 6.45) is 3.15. The number of ether oxygens (including phenoxy) is 1. The van der Waals surface area contributed by atoms with Gasteiger partial charge in [-0.3, -0.25) is 9.78 Å². The number of benzene rings is 1. The number of carbonyl (C=O) groups is 1. The smallest absolute Gasteiger partial charge is 0.272 e. The van der Waals surface area contributed by atoms with Crippen LogP contribution in [0, 0.1) is 0 Å². The van der Waals surface area contributed by atoms with Crippen LogP contribution in [0.25, 0.3) is 16.8 Å². The van der Waals surface area contributed by atoms with Crippen molar-refractivity contribution in [2.45, 2.75) is 6.54 Å². The molecule has 1 N–H and O–H groups in total. The molecule has 0 spiro atoms. The molecular formula is C19H16N6O2. The molecule has 134 valence electrons. The van der Waals surface area contributed by atoms with Gasteiger partial charge in [0, 0.05) is 17.3 Å². The van der Waals surface area contributed by atoms with E-state index >= 15 is 0 Å². The molecule has 0 bridgehead atoms. The predicted molar refractivity (Wildman–Crippen MR) is 98.2 cm³/mol. The second-order valence-corrected chi connectivity index (χ2v) is 5.75. The summed E-state index contributed by atoms with van der Waals surface area (Å²) in [5, 5.41) is 15.2. The molecule has 27 heavy (non-hydrogen) atoms. The van der Waals surface area contributed by atoms with Gasteiger partial charge in [0.25, 0.3) is 5.91 Å².